The average Bonchev–Trinajstić information content (AvgIpc) is 2.63. The Morgan fingerprint density at radius 1 is 0.962 bits per heavy atom. The van der Waals surface area contributed by atoms with Gasteiger partial charge in [0.05, 0.1) is 5.76 Å². The Hall–Kier alpha value is -1.64. The van der Waals surface area contributed by atoms with Gasteiger partial charge in [0.15, 0.2) is 0 Å². The van der Waals surface area contributed by atoms with E-state index in [1.807, 2.05) is 12.1 Å². The lowest BCUT2D eigenvalue weighted by Crippen LogP contribution is -2.39. The summed E-state index contributed by atoms with van der Waals surface area (Å²) in [6.45, 7) is 4.32. The van der Waals surface area contributed by atoms with Crippen LogP contribution in [0.2, 0.25) is 10.0 Å². The van der Waals surface area contributed by atoms with Crippen molar-refractivity contribution in [3.05, 3.63) is 69.9 Å². The lowest BCUT2D eigenvalue weighted by atomic mass is 9.63. The number of fused-ring (bicyclic) bond motifs is 4. The highest BCUT2D eigenvalue weighted by Crippen LogP contribution is 2.56. The van der Waals surface area contributed by atoms with Gasteiger partial charge in [0.1, 0.15) is 0 Å². The van der Waals surface area contributed by atoms with Gasteiger partial charge in [-0.25, -0.2) is 0 Å². The molecule has 0 amide bonds. The number of halogens is 2. The van der Waals surface area contributed by atoms with E-state index in [2.05, 4.69) is 35.7 Å². The fourth-order valence-electron chi connectivity index (χ4n) is 4.70. The number of anilines is 2. The zero-order valence-electron chi connectivity index (χ0n) is 14.8. The maximum atomic E-state index is 9.65. The fraction of sp³-hybridized carbons (Fsp3) is 0.364. The first kappa shape index (κ1) is 17.8. The first-order chi connectivity index (χ1) is 12.5. The molecule has 0 radical (unpaired) electrons. The van der Waals surface area contributed by atoms with E-state index < -0.39 is 0 Å². The number of benzene rings is 2. The Kier molecular flexibility index (Phi) is 4.66. The number of nitrogens with zero attached hydrogens (tertiary/aromatic N) is 1. The monoisotopic (exact) mass is 387 g/mol. The lowest BCUT2D eigenvalue weighted by molar-refractivity contribution is 0.343. The average molecular weight is 388 g/mol. The Morgan fingerprint density at radius 3 is 2.00 bits per heavy atom. The van der Waals surface area contributed by atoms with Crippen molar-refractivity contribution in [2.75, 3.05) is 11.4 Å². The maximum absolute atomic E-state index is 9.65. The van der Waals surface area contributed by atoms with Crippen molar-refractivity contribution >= 4 is 34.6 Å². The van der Waals surface area contributed by atoms with Crippen molar-refractivity contribution < 1.29 is 5.11 Å². The maximum Gasteiger partial charge on any atom is 0.0868 e. The van der Waals surface area contributed by atoms with Crippen molar-refractivity contribution in [2.45, 2.75) is 43.9 Å². The molecule has 2 nitrogen and oxygen atoms in total. The highest BCUT2D eigenvalue weighted by atomic mass is 35.5. The molecular formula is C22H23Cl2NO. The molecule has 136 valence electrons. The smallest absolute Gasteiger partial charge is 0.0868 e. The SMILES string of the molecule is C=C(O)CCN1c2ccc(Cl)cc2C2(CCCCC2)c2cc(Cl)ccc21. The highest BCUT2D eigenvalue weighted by Gasteiger charge is 2.44. The van der Waals surface area contributed by atoms with Gasteiger partial charge in [-0.05, 0) is 60.4 Å². The Balaban J connectivity index is 1.94. The van der Waals surface area contributed by atoms with Crippen LogP contribution in [0.4, 0.5) is 11.4 Å². The van der Waals surface area contributed by atoms with Crippen LogP contribution >= 0.6 is 23.2 Å². The quantitative estimate of drug-likeness (QED) is 0.564. The Bertz CT molecular complexity index is 800. The van der Waals surface area contributed by atoms with Gasteiger partial charge >= 0.3 is 0 Å². The van der Waals surface area contributed by atoms with Crippen LogP contribution in [0.1, 0.15) is 49.7 Å². The second kappa shape index (κ2) is 6.83. The molecule has 2 aromatic rings. The second-order valence-electron chi connectivity index (χ2n) is 7.43. The van der Waals surface area contributed by atoms with E-state index in [4.69, 9.17) is 23.2 Å². The second-order valence-corrected chi connectivity index (χ2v) is 8.31. The molecule has 4 heteroatoms. The zero-order chi connectivity index (χ0) is 18.3. The molecule has 1 heterocycles. The third-order valence-electron chi connectivity index (χ3n) is 5.86. The van der Waals surface area contributed by atoms with E-state index in [9.17, 15) is 5.11 Å². The van der Waals surface area contributed by atoms with Crippen LogP contribution in [-0.4, -0.2) is 11.7 Å². The topological polar surface area (TPSA) is 23.5 Å². The summed E-state index contributed by atoms with van der Waals surface area (Å²) in [6.07, 6.45) is 6.47. The minimum Gasteiger partial charge on any atom is -0.513 e. The van der Waals surface area contributed by atoms with Gasteiger partial charge < -0.3 is 10.0 Å². The molecule has 1 aliphatic heterocycles. The number of hydrogen-bond donors (Lipinski definition) is 1. The first-order valence-corrected chi connectivity index (χ1v) is 10.0. The molecule has 4 rings (SSSR count). The van der Waals surface area contributed by atoms with Gasteiger partial charge in [-0.2, -0.15) is 0 Å². The fourth-order valence-corrected chi connectivity index (χ4v) is 5.05. The van der Waals surface area contributed by atoms with E-state index in [-0.39, 0.29) is 11.2 Å². The molecule has 0 aromatic heterocycles. The minimum absolute atomic E-state index is 0.0224. The summed E-state index contributed by atoms with van der Waals surface area (Å²) in [7, 11) is 0. The van der Waals surface area contributed by atoms with Crippen LogP contribution in [0.5, 0.6) is 0 Å². The van der Waals surface area contributed by atoms with Crippen LogP contribution in [0, 0.1) is 0 Å². The van der Waals surface area contributed by atoms with Gasteiger partial charge in [0, 0.05) is 39.8 Å². The molecular weight excluding hydrogens is 365 g/mol. The van der Waals surface area contributed by atoms with Gasteiger partial charge in [-0.3, -0.25) is 0 Å². The predicted octanol–water partition coefficient (Wildman–Crippen LogP) is 7.16. The molecule has 0 atom stereocenters. The van der Waals surface area contributed by atoms with E-state index >= 15 is 0 Å². The summed E-state index contributed by atoms with van der Waals surface area (Å²) in [6, 6.07) is 12.4. The number of rotatable bonds is 3. The van der Waals surface area contributed by atoms with E-state index in [0.29, 0.717) is 13.0 Å². The molecule has 2 aliphatic rings. The minimum atomic E-state index is -0.0224. The van der Waals surface area contributed by atoms with Crippen molar-refractivity contribution in [3.63, 3.8) is 0 Å². The molecule has 1 fully saturated rings. The molecule has 26 heavy (non-hydrogen) atoms. The molecule has 0 unspecified atom stereocenters. The predicted molar refractivity (Wildman–Crippen MR) is 110 cm³/mol. The van der Waals surface area contributed by atoms with Gasteiger partial charge in [0.25, 0.3) is 0 Å². The van der Waals surface area contributed by atoms with Crippen molar-refractivity contribution in [2.24, 2.45) is 0 Å². The first-order valence-electron chi connectivity index (χ1n) is 9.26. The summed E-state index contributed by atoms with van der Waals surface area (Å²) in [5.74, 6) is 0.203. The van der Waals surface area contributed by atoms with Gasteiger partial charge in [-0.1, -0.05) is 49.0 Å². The molecule has 1 N–H and O–H groups in total. The summed E-state index contributed by atoms with van der Waals surface area (Å²) >= 11 is 12.8. The van der Waals surface area contributed by atoms with Crippen LogP contribution < -0.4 is 4.90 Å². The van der Waals surface area contributed by atoms with Crippen LogP contribution in [-0.2, 0) is 5.41 Å². The zero-order valence-corrected chi connectivity index (χ0v) is 16.3. The third-order valence-corrected chi connectivity index (χ3v) is 6.33. The largest absolute Gasteiger partial charge is 0.513 e. The van der Waals surface area contributed by atoms with Crippen LogP contribution in [0.3, 0.4) is 0 Å². The summed E-state index contributed by atoms with van der Waals surface area (Å²) in [5, 5.41) is 11.2. The van der Waals surface area contributed by atoms with E-state index in [0.717, 1.165) is 22.9 Å². The van der Waals surface area contributed by atoms with E-state index in [1.54, 1.807) is 0 Å². The van der Waals surface area contributed by atoms with Crippen LogP contribution in [0.15, 0.2) is 48.7 Å². The van der Waals surface area contributed by atoms with Crippen molar-refractivity contribution in [3.8, 4) is 0 Å². The molecule has 1 spiro atoms. The number of hydrogen-bond acceptors (Lipinski definition) is 2. The summed E-state index contributed by atoms with van der Waals surface area (Å²) in [5.41, 5.74) is 4.94. The molecule has 0 bridgehead atoms. The Labute approximate surface area is 165 Å². The molecule has 1 saturated carbocycles. The number of aliphatic hydroxyl groups excluding tert-OH is 1. The molecule has 1 aliphatic carbocycles. The Morgan fingerprint density at radius 2 is 1.50 bits per heavy atom. The highest BCUT2D eigenvalue weighted by molar-refractivity contribution is 6.31. The van der Waals surface area contributed by atoms with Crippen molar-refractivity contribution in [1.82, 2.24) is 0 Å². The summed E-state index contributed by atoms with van der Waals surface area (Å²) < 4.78 is 0. The molecule has 2 aromatic carbocycles. The lowest BCUT2D eigenvalue weighted by Gasteiger charge is -2.47. The molecule has 0 saturated heterocycles. The standard InChI is InChI=1S/C22H23Cl2NO/c1-15(26)9-12-25-20-7-5-16(23)13-18(20)22(10-3-2-4-11-22)19-14-17(24)6-8-21(19)25/h5-8,13-14,26H,1-4,9-12H2. The van der Waals surface area contributed by atoms with Gasteiger partial charge in [0.2, 0.25) is 0 Å². The number of aliphatic hydroxyl groups is 1. The third kappa shape index (κ3) is 2.90. The normalized spacial score (nSPS) is 17.7. The van der Waals surface area contributed by atoms with Gasteiger partial charge in [-0.15, -0.1) is 0 Å². The van der Waals surface area contributed by atoms with Crippen molar-refractivity contribution in [1.29, 1.82) is 0 Å². The summed E-state index contributed by atoms with van der Waals surface area (Å²) in [4.78, 5) is 2.28. The van der Waals surface area contributed by atoms with E-state index in [1.165, 1.54) is 41.8 Å². The van der Waals surface area contributed by atoms with Crippen LogP contribution in [0.25, 0.3) is 0 Å².